The van der Waals surface area contributed by atoms with Crippen LogP contribution in [0.3, 0.4) is 0 Å². The second kappa shape index (κ2) is 6.63. The molecular formula is C18H18F3N3. The fourth-order valence-electron chi connectivity index (χ4n) is 2.74. The zero-order valence-electron chi connectivity index (χ0n) is 13.3. The number of rotatable bonds is 3. The highest BCUT2D eigenvalue weighted by molar-refractivity contribution is 5.68. The topological polar surface area (TPSA) is 29.0 Å². The van der Waals surface area contributed by atoms with Gasteiger partial charge in [0.2, 0.25) is 0 Å². The van der Waals surface area contributed by atoms with Crippen LogP contribution in [0, 0.1) is 0 Å². The van der Waals surface area contributed by atoms with Crippen LogP contribution >= 0.6 is 0 Å². The van der Waals surface area contributed by atoms with E-state index in [1.54, 1.807) is 0 Å². The highest BCUT2D eigenvalue weighted by Gasteiger charge is 2.33. The minimum absolute atomic E-state index is 0.472. The maximum absolute atomic E-state index is 12.5. The standard InChI is InChI=1S/C18H18F3N3/c1-2-13-3-5-14(6-4-13)15-9-11-24(12-10-15)17-8-7-16(22-23-17)18(19,20)21/h3-9H,2,10-12H2,1H3. The van der Waals surface area contributed by atoms with E-state index < -0.39 is 11.9 Å². The van der Waals surface area contributed by atoms with Crippen molar-refractivity contribution in [1.82, 2.24) is 10.2 Å². The minimum Gasteiger partial charge on any atom is -0.351 e. The predicted molar refractivity (Wildman–Crippen MR) is 87.7 cm³/mol. The van der Waals surface area contributed by atoms with Crippen molar-refractivity contribution >= 4 is 11.4 Å². The lowest BCUT2D eigenvalue weighted by molar-refractivity contribution is -0.141. The molecule has 1 aliphatic heterocycles. The largest absolute Gasteiger partial charge is 0.435 e. The molecular weight excluding hydrogens is 315 g/mol. The average Bonchev–Trinajstić information content (AvgIpc) is 2.61. The summed E-state index contributed by atoms with van der Waals surface area (Å²) in [6.45, 7) is 3.45. The van der Waals surface area contributed by atoms with Crippen molar-refractivity contribution in [2.75, 3.05) is 18.0 Å². The Labute approximate surface area is 138 Å². The number of hydrogen-bond acceptors (Lipinski definition) is 3. The number of aromatic nitrogens is 2. The number of anilines is 1. The van der Waals surface area contributed by atoms with Crippen LogP contribution in [0.2, 0.25) is 0 Å². The van der Waals surface area contributed by atoms with E-state index >= 15 is 0 Å². The number of alkyl halides is 3. The Morgan fingerprint density at radius 2 is 1.79 bits per heavy atom. The number of nitrogens with zero attached hydrogens (tertiary/aromatic N) is 3. The molecule has 1 aromatic heterocycles. The summed E-state index contributed by atoms with van der Waals surface area (Å²) in [6, 6.07) is 10.9. The summed E-state index contributed by atoms with van der Waals surface area (Å²) < 4.78 is 37.6. The second-order valence-electron chi connectivity index (χ2n) is 5.75. The molecule has 3 nitrogen and oxygen atoms in total. The molecule has 3 rings (SSSR count). The summed E-state index contributed by atoms with van der Waals surface area (Å²) in [5.41, 5.74) is 2.80. The predicted octanol–water partition coefficient (Wildman–Crippen LogP) is 4.35. The van der Waals surface area contributed by atoms with E-state index in [0.29, 0.717) is 18.9 Å². The molecule has 0 unspecified atom stereocenters. The molecule has 0 saturated carbocycles. The Morgan fingerprint density at radius 3 is 2.29 bits per heavy atom. The summed E-state index contributed by atoms with van der Waals surface area (Å²) in [7, 11) is 0. The molecule has 2 aromatic rings. The lowest BCUT2D eigenvalue weighted by Crippen LogP contribution is -2.29. The lowest BCUT2D eigenvalue weighted by atomic mass is 9.98. The molecule has 1 aromatic carbocycles. The Hall–Kier alpha value is -2.37. The highest BCUT2D eigenvalue weighted by atomic mass is 19.4. The van der Waals surface area contributed by atoms with Crippen LogP contribution in [0.4, 0.5) is 19.0 Å². The molecule has 0 bridgehead atoms. The smallest absolute Gasteiger partial charge is 0.351 e. The van der Waals surface area contributed by atoms with E-state index in [2.05, 4.69) is 47.5 Å². The Bertz CT molecular complexity index is 719. The van der Waals surface area contributed by atoms with Crippen LogP contribution in [-0.4, -0.2) is 23.3 Å². The van der Waals surface area contributed by atoms with Gasteiger partial charge < -0.3 is 4.90 Å². The maximum Gasteiger partial charge on any atom is 0.435 e. The first-order chi connectivity index (χ1) is 11.5. The van der Waals surface area contributed by atoms with E-state index in [-0.39, 0.29) is 0 Å². The van der Waals surface area contributed by atoms with Gasteiger partial charge >= 0.3 is 6.18 Å². The summed E-state index contributed by atoms with van der Waals surface area (Å²) in [6.07, 6.45) is -0.511. The number of aryl methyl sites for hydroxylation is 1. The molecule has 0 aliphatic carbocycles. The molecule has 0 N–H and O–H groups in total. The molecule has 0 amide bonds. The molecule has 0 fully saturated rings. The molecule has 0 saturated heterocycles. The number of halogens is 3. The van der Waals surface area contributed by atoms with Gasteiger partial charge in [-0.1, -0.05) is 37.3 Å². The first-order valence-electron chi connectivity index (χ1n) is 7.91. The Kier molecular flexibility index (Phi) is 4.55. The Morgan fingerprint density at radius 1 is 1.04 bits per heavy atom. The van der Waals surface area contributed by atoms with Gasteiger partial charge in [0.1, 0.15) is 0 Å². The van der Waals surface area contributed by atoms with Gasteiger partial charge in [0.25, 0.3) is 0 Å². The van der Waals surface area contributed by atoms with Gasteiger partial charge in [0.05, 0.1) is 0 Å². The van der Waals surface area contributed by atoms with Crippen LogP contribution in [0.5, 0.6) is 0 Å². The quantitative estimate of drug-likeness (QED) is 0.836. The zero-order valence-corrected chi connectivity index (χ0v) is 13.3. The van der Waals surface area contributed by atoms with Gasteiger partial charge in [-0.25, -0.2) is 0 Å². The van der Waals surface area contributed by atoms with Crippen LogP contribution in [0.15, 0.2) is 42.5 Å². The van der Waals surface area contributed by atoms with Gasteiger partial charge in [-0.2, -0.15) is 13.2 Å². The third-order valence-electron chi connectivity index (χ3n) is 4.21. The number of hydrogen-bond donors (Lipinski definition) is 0. The molecule has 0 spiro atoms. The summed E-state index contributed by atoms with van der Waals surface area (Å²) in [4.78, 5) is 1.93. The molecule has 0 atom stereocenters. The van der Waals surface area contributed by atoms with Gasteiger partial charge in [0, 0.05) is 13.1 Å². The SMILES string of the molecule is CCc1ccc(C2=CCN(c3ccc(C(F)(F)F)nn3)CC2)cc1. The van der Waals surface area contributed by atoms with Crippen molar-refractivity contribution in [3.8, 4) is 0 Å². The van der Waals surface area contributed by atoms with Crippen molar-refractivity contribution in [3.63, 3.8) is 0 Å². The minimum atomic E-state index is -4.45. The van der Waals surface area contributed by atoms with Crippen LogP contribution in [0.1, 0.15) is 30.2 Å². The fraction of sp³-hybridized carbons (Fsp3) is 0.333. The third-order valence-corrected chi connectivity index (χ3v) is 4.21. The summed E-state index contributed by atoms with van der Waals surface area (Å²) in [5.74, 6) is 0.472. The molecule has 1 aliphatic rings. The molecule has 6 heteroatoms. The second-order valence-corrected chi connectivity index (χ2v) is 5.75. The molecule has 2 heterocycles. The molecule has 24 heavy (non-hydrogen) atoms. The normalized spacial score (nSPS) is 15.3. The van der Waals surface area contributed by atoms with Crippen molar-refractivity contribution in [1.29, 1.82) is 0 Å². The third kappa shape index (κ3) is 3.58. The first-order valence-corrected chi connectivity index (χ1v) is 7.91. The van der Waals surface area contributed by atoms with Crippen LogP contribution in [0.25, 0.3) is 5.57 Å². The van der Waals surface area contributed by atoms with Crippen molar-refractivity contribution in [3.05, 3.63) is 59.3 Å². The van der Waals surface area contributed by atoms with Crippen molar-refractivity contribution in [2.45, 2.75) is 25.9 Å². The van der Waals surface area contributed by atoms with Gasteiger partial charge in [-0.15, -0.1) is 10.2 Å². The molecule has 126 valence electrons. The van der Waals surface area contributed by atoms with Crippen LogP contribution in [-0.2, 0) is 12.6 Å². The summed E-state index contributed by atoms with van der Waals surface area (Å²) >= 11 is 0. The van der Waals surface area contributed by atoms with E-state index in [0.717, 1.165) is 18.9 Å². The van der Waals surface area contributed by atoms with Crippen LogP contribution < -0.4 is 4.90 Å². The number of benzene rings is 1. The monoisotopic (exact) mass is 333 g/mol. The van der Waals surface area contributed by atoms with Crippen molar-refractivity contribution in [2.24, 2.45) is 0 Å². The fourth-order valence-corrected chi connectivity index (χ4v) is 2.74. The van der Waals surface area contributed by atoms with E-state index in [9.17, 15) is 13.2 Å². The highest BCUT2D eigenvalue weighted by Crippen LogP contribution is 2.29. The van der Waals surface area contributed by atoms with Gasteiger partial charge in [0.15, 0.2) is 11.5 Å². The van der Waals surface area contributed by atoms with Gasteiger partial charge in [-0.3, -0.25) is 0 Å². The van der Waals surface area contributed by atoms with E-state index in [1.165, 1.54) is 22.8 Å². The summed E-state index contributed by atoms with van der Waals surface area (Å²) in [5, 5.41) is 7.00. The van der Waals surface area contributed by atoms with E-state index in [1.807, 2.05) is 4.90 Å². The van der Waals surface area contributed by atoms with Crippen molar-refractivity contribution < 1.29 is 13.2 Å². The first kappa shape index (κ1) is 16.5. The molecule has 0 radical (unpaired) electrons. The van der Waals surface area contributed by atoms with Gasteiger partial charge in [-0.05, 0) is 41.7 Å². The maximum atomic E-state index is 12.5. The average molecular weight is 333 g/mol. The Balaban J connectivity index is 1.70. The van der Waals surface area contributed by atoms with E-state index in [4.69, 9.17) is 0 Å². The lowest BCUT2D eigenvalue weighted by Gasteiger charge is -2.27. The zero-order chi connectivity index (χ0) is 17.2.